The maximum atomic E-state index is 13.4. The molecule has 0 saturated carbocycles. The van der Waals surface area contributed by atoms with E-state index in [2.05, 4.69) is 17.2 Å². The van der Waals surface area contributed by atoms with Crippen molar-refractivity contribution in [1.82, 2.24) is 24.2 Å². The third kappa shape index (κ3) is 3.36. The van der Waals surface area contributed by atoms with Crippen LogP contribution in [0.25, 0.3) is 16.7 Å². The van der Waals surface area contributed by atoms with Gasteiger partial charge in [0.1, 0.15) is 5.39 Å². The summed E-state index contributed by atoms with van der Waals surface area (Å²) < 4.78 is 3.43. The highest BCUT2D eigenvalue weighted by atomic mass is 32.2. The number of aryl methyl sites for hydroxylation is 1. The molecule has 1 amide bonds. The summed E-state index contributed by atoms with van der Waals surface area (Å²) >= 11 is 1.53. The molecule has 1 unspecified atom stereocenters. The third-order valence-electron chi connectivity index (χ3n) is 6.61. The molecule has 8 heteroatoms. The zero-order valence-corrected chi connectivity index (χ0v) is 19.1. The Hall–Kier alpha value is -3.39. The molecule has 2 aromatic carbocycles. The summed E-state index contributed by atoms with van der Waals surface area (Å²) in [6.07, 6.45) is 2.77. The summed E-state index contributed by atoms with van der Waals surface area (Å²) in [5.74, 6) is 0.758. The SMILES string of the molecule is Cc1ccccc1-n1ncc2c(=O)n3c(nc21)SCC3CC(=O)N1CCc2ccccc2C1. The third-order valence-corrected chi connectivity index (χ3v) is 7.71. The molecule has 0 aliphatic carbocycles. The van der Waals surface area contributed by atoms with Gasteiger partial charge in [-0.2, -0.15) is 5.10 Å². The smallest absolute Gasteiger partial charge is 0.265 e. The molecular weight excluding hydrogens is 434 g/mol. The number of rotatable bonds is 3. The van der Waals surface area contributed by atoms with Crippen molar-refractivity contribution >= 4 is 28.7 Å². The largest absolute Gasteiger partial charge is 0.338 e. The minimum atomic E-state index is -0.194. The molecule has 2 aliphatic rings. The van der Waals surface area contributed by atoms with Crippen LogP contribution in [-0.2, 0) is 17.8 Å². The standard InChI is InChI=1S/C25H23N5O2S/c1-16-6-2-5-9-21(16)30-23-20(13-26-30)24(32)29-19(15-33-25(29)27-23)12-22(31)28-11-10-17-7-3-4-8-18(17)14-28/h2-9,13,19H,10-12,14-15H2,1H3. The van der Waals surface area contributed by atoms with E-state index in [1.807, 2.05) is 48.2 Å². The molecule has 2 aliphatic heterocycles. The van der Waals surface area contributed by atoms with Crippen LogP contribution in [0.1, 0.15) is 29.2 Å². The van der Waals surface area contributed by atoms with Crippen molar-refractivity contribution in [1.29, 1.82) is 0 Å². The maximum absolute atomic E-state index is 13.4. The van der Waals surface area contributed by atoms with Crippen molar-refractivity contribution in [2.45, 2.75) is 37.5 Å². The number of amides is 1. The number of nitrogens with zero attached hydrogens (tertiary/aromatic N) is 5. The van der Waals surface area contributed by atoms with E-state index in [1.54, 1.807) is 15.4 Å². The number of hydrogen-bond acceptors (Lipinski definition) is 5. The van der Waals surface area contributed by atoms with Gasteiger partial charge in [-0.1, -0.05) is 54.2 Å². The molecule has 166 valence electrons. The van der Waals surface area contributed by atoms with Crippen molar-refractivity contribution in [2.24, 2.45) is 0 Å². The van der Waals surface area contributed by atoms with Gasteiger partial charge in [-0.05, 0) is 36.1 Å². The van der Waals surface area contributed by atoms with Gasteiger partial charge < -0.3 is 4.90 Å². The van der Waals surface area contributed by atoms with Crippen molar-refractivity contribution in [3.8, 4) is 5.69 Å². The summed E-state index contributed by atoms with van der Waals surface area (Å²) in [6.45, 7) is 3.37. The lowest BCUT2D eigenvalue weighted by Gasteiger charge is -2.29. The summed E-state index contributed by atoms with van der Waals surface area (Å²) in [5, 5.41) is 5.60. The average Bonchev–Trinajstić information content (AvgIpc) is 3.44. The summed E-state index contributed by atoms with van der Waals surface area (Å²) in [6, 6.07) is 16.0. The molecule has 0 N–H and O–H groups in total. The molecule has 0 saturated heterocycles. The zero-order chi connectivity index (χ0) is 22.5. The number of aromatic nitrogens is 4. The molecule has 6 rings (SSSR count). The fourth-order valence-corrected chi connectivity index (χ4v) is 5.93. The van der Waals surface area contributed by atoms with Crippen LogP contribution in [-0.4, -0.2) is 42.4 Å². The summed E-state index contributed by atoms with van der Waals surface area (Å²) in [4.78, 5) is 33.3. The van der Waals surface area contributed by atoms with E-state index in [0.29, 0.717) is 34.9 Å². The second kappa shape index (κ2) is 7.88. The van der Waals surface area contributed by atoms with Crippen LogP contribution in [0.2, 0.25) is 0 Å². The Morgan fingerprint density at radius 3 is 2.76 bits per heavy atom. The second-order valence-electron chi connectivity index (χ2n) is 8.65. The molecule has 4 heterocycles. The van der Waals surface area contributed by atoms with Gasteiger partial charge in [0.05, 0.1) is 17.9 Å². The quantitative estimate of drug-likeness (QED) is 0.440. The molecule has 0 bridgehead atoms. The van der Waals surface area contributed by atoms with Crippen LogP contribution in [0, 0.1) is 6.92 Å². The van der Waals surface area contributed by atoms with E-state index in [4.69, 9.17) is 4.98 Å². The molecule has 0 spiro atoms. The first-order valence-electron chi connectivity index (χ1n) is 11.1. The Bertz CT molecular complexity index is 1460. The molecule has 7 nitrogen and oxygen atoms in total. The van der Waals surface area contributed by atoms with Gasteiger partial charge in [0, 0.05) is 25.3 Å². The Morgan fingerprint density at radius 2 is 1.91 bits per heavy atom. The minimum Gasteiger partial charge on any atom is -0.338 e. The minimum absolute atomic E-state index is 0.0885. The van der Waals surface area contributed by atoms with E-state index in [-0.39, 0.29) is 17.5 Å². The van der Waals surface area contributed by atoms with Gasteiger partial charge >= 0.3 is 0 Å². The highest BCUT2D eigenvalue weighted by molar-refractivity contribution is 7.99. The Balaban J connectivity index is 1.30. The maximum Gasteiger partial charge on any atom is 0.265 e. The summed E-state index contributed by atoms with van der Waals surface area (Å²) in [5.41, 5.74) is 4.93. The molecule has 2 aromatic heterocycles. The van der Waals surface area contributed by atoms with Gasteiger partial charge in [0.25, 0.3) is 5.56 Å². The lowest BCUT2D eigenvalue weighted by atomic mass is 9.99. The van der Waals surface area contributed by atoms with Gasteiger partial charge in [0.15, 0.2) is 10.8 Å². The average molecular weight is 458 g/mol. The number of fused-ring (bicyclic) bond motifs is 3. The number of carbonyl (C=O) groups is 1. The van der Waals surface area contributed by atoms with Crippen molar-refractivity contribution in [2.75, 3.05) is 12.3 Å². The van der Waals surface area contributed by atoms with Crippen LogP contribution < -0.4 is 5.56 Å². The number of thioether (sulfide) groups is 1. The number of para-hydroxylation sites is 1. The van der Waals surface area contributed by atoms with Gasteiger partial charge in [0.2, 0.25) is 5.91 Å². The van der Waals surface area contributed by atoms with Crippen LogP contribution >= 0.6 is 11.8 Å². The Kier molecular flexibility index (Phi) is 4.83. The highest BCUT2D eigenvalue weighted by Gasteiger charge is 2.31. The number of hydrogen-bond donors (Lipinski definition) is 0. The van der Waals surface area contributed by atoms with E-state index in [1.165, 1.54) is 22.9 Å². The van der Waals surface area contributed by atoms with Gasteiger partial charge in [-0.3, -0.25) is 14.2 Å². The monoisotopic (exact) mass is 457 g/mol. The predicted molar refractivity (Wildman–Crippen MR) is 128 cm³/mol. The van der Waals surface area contributed by atoms with E-state index >= 15 is 0 Å². The lowest BCUT2D eigenvalue weighted by molar-refractivity contribution is -0.132. The fourth-order valence-electron chi connectivity index (χ4n) is 4.80. The topological polar surface area (TPSA) is 73.0 Å². The van der Waals surface area contributed by atoms with Crippen LogP contribution in [0.4, 0.5) is 0 Å². The Labute approximate surface area is 195 Å². The lowest BCUT2D eigenvalue weighted by Crippen LogP contribution is -2.38. The molecule has 0 fully saturated rings. The number of carbonyl (C=O) groups excluding carboxylic acids is 1. The summed E-state index contributed by atoms with van der Waals surface area (Å²) in [7, 11) is 0. The fraction of sp³-hybridized carbons (Fsp3) is 0.280. The van der Waals surface area contributed by atoms with E-state index in [9.17, 15) is 9.59 Å². The predicted octanol–water partition coefficient (Wildman–Crippen LogP) is 3.51. The first kappa shape index (κ1) is 20.2. The molecule has 1 atom stereocenters. The van der Waals surface area contributed by atoms with Crippen LogP contribution in [0.5, 0.6) is 0 Å². The molecular formula is C25H23N5O2S. The highest BCUT2D eigenvalue weighted by Crippen LogP contribution is 2.34. The van der Waals surface area contributed by atoms with E-state index in [0.717, 1.165) is 24.2 Å². The van der Waals surface area contributed by atoms with Crippen LogP contribution in [0.3, 0.4) is 0 Å². The molecule has 0 radical (unpaired) electrons. The first-order valence-corrected chi connectivity index (χ1v) is 12.1. The zero-order valence-electron chi connectivity index (χ0n) is 18.3. The van der Waals surface area contributed by atoms with Gasteiger partial charge in [-0.25, -0.2) is 9.67 Å². The first-order chi connectivity index (χ1) is 16.1. The van der Waals surface area contributed by atoms with Crippen molar-refractivity contribution < 1.29 is 4.79 Å². The molecule has 33 heavy (non-hydrogen) atoms. The number of benzene rings is 2. The second-order valence-corrected chi connectivity index (χ2v) is 9.64. The normalized spacial score (nSPS) is 17.2. The van der Waals surface area contributed by atoms with Crippen molar-refractivity contribution in [3.63, 3.8) is 0 Å². The van der Waals surface area contributed by atoms with Gasteiger partial charge in [-0.15, -0.1) is 0 Å². The molecule has 4 aromatic rings. The van der Waals surface area contributed by atoms with E-state index < -0.39 is 0 Å². The van der Waals surface area contributed by atoms with Crippen molar-refractivity contribution in [3.05, 3.63) is 81.8 Å². The Morgan fingerprint density at radius 1 is 1.12 bits per heavy atom. The van der Waals surface area contributed by atoms with Crippen LogP contribution in [0.15, 0.2) is 64.7 Å².